The standard InChI is InChI=1S/C21H22BrFN2S/c1-21(15-25-13-12-24-16-25,11-10-17-6-8-19(23)9-7-17)26-14-18-4-2-3-5-20(18)22/h2-9,12-13,16H,10-11,14-15H2,1H3. The summed E-state index contributed by atoms with van der Waals surface area (Å²) in [6.07, 6.45) is 7.63. The van der Waals surface area contributed by atoms with E-state index in [0.29, 0.717) is 0 Å². The van der Waals surface area contributed by atoms with E-state index < -0.39 is 0 Å². The van der Waals surface area contributed by atoms with Crippen molar-refractivity contribution in [1.82, 2.24) is 9.55 Å². The van der Waals surface area contributed by atoms with Crippen LogP contribution in [-0.2, 0) is 18.7 Å². The van der Waals surface area contributed by atoms with Gasteiger partial charge in [-0.05, 0) is 49.1 Å². The topological polar surface area (TPSA) is 17.8 Å². The lowest BCUT2D eigenvalue weighted by molar-refractivity contribution is 0.495. The number of rotatable bonds is 8. The predicted octanol–water partition coefficient (Wildman–Crippen LogP) is 6.11. The molecule has 0 aliphatic heterocycles. The maximum atomic E-state index is 13.1. The number of aromatic nitrogens is 2. The van der Waals surface area contributed by atoms with Crippen molar-refractivity contribution < 1.29 is 4.39 Å². The molecule has 3 rings (SSSR count). The van der Waals surface area contributed by atoms with Crippen LogP contribution in [0.25, 0.3) is 0 Å². The average Bonchev–Trinajstić information content (AvgIpc) is 3.13. The molecule has 2 aromatic carbocycles. The molecular formula is C21H22BrFN2S. The van der Waals surface area contributed by atoms with Crippen LogP contribution in [0.3, 0.4) is 0 Å². The highest BCUT2D eigenvalue weighted by molar-refractivity contribution is 9.10. The summed E-state index contributed by atoms with van der Waals surface area (Å²) in [5, 5.41) is 0. The number of hydrogen-bond acceptors (Lipinski definition) is 2. The molecule has 1 unspecified atom stereocenters. The molecule has 136 valence electrons. The number of thioether (sulfide) groups is 1. The fourth-order valence-corrected chi connectivity index (χ4v) is 4.74. The van der Waals surface area contributed by atoms with Gasteiger partial charge in [0, 0.05) is 33.9 Å². The van der Waals surface area contributed by atoms with Crippen molar-refractivity contribution in [2.75, 3.05) is 0 Å². The highest BCUT2D eigenvalue weighted by atomic mass is 79.9. The minimum absolute atomic E-state index is 0.0460. The van der Waals surface area contributed by atoms with Crippen molar-refractivity contribution in [2.24, 2.45) is 0 Å². The first-order valence-electron chi connectivity index (χ1n) is 8.62. The third-order valence-corrected chi connectivity index (χ3v) is 6.73. The molecular weight excluding hydrogens is 411 g/mol. The summed E-state index contributed by atoms with van der Waals surface area (Å²) in [5.74, 6) is 0.758. The van der Waals surface area contributed by atoms with E-state index >= 15 is 0 Å². The summed E-state index contributed by atoms with van der Waals surface area (Å²) in [4.78, 5) is 4.17. The van der Waals surface area contributed by atoms with E-state index in [1.807, 2.05) is 48.7 Å². The maximum absolute atomic E-state index is 13.1. The molecule has 0 saturated heterocycles. The Bertz CT molecular complexity index is 820. The minimum atomic E-state index is -0.182. The van der Waals surface area contributed by atoms with Crippen LogP contribution in [0, 0.1) is 5.82 Å². The summed E-state index contributed by atoms with van der Waals surface area (Å²) >= 11 is 5.60. The molecule has 0 N–H and O–H groups in total. The first-order valence-corrected chi connectivity index (χ1v) is 10.4. The zero-order valence-electron chi connectivity index (χ0n) is 14.7. The first kappa shape index (κ1) is 19.2. The van der Waals surface area contributed by atoms with Crippen molar-refractivity contribution in [2.45, 2.75) is 36.8 Å². The van der Waals surface area contributed by atoms with Crippen molar-refractivity contribution >= 4 is 27.7 Å². The lowest BCUT2D eigenvalue weighted by Crippen LogP contribution is -2.27. The summed E-state index contributed by atoms with van der Waals surface area (Å²) < 4.78 is 16.5. The van der Waals surface area contributed by atoms with E-state index in [0.717, 1.165) is 29.6 Å². The quantitative estimate of drug-likeness (QED) is 0.427. The lowest BCUT2D eigenvalue weighted by atomic mass is 10.00. The van der Waals surface area contributed by atoms with Crippen molar-refractivity contribution in [3.8, 4) is 0 Å². The van der Waals surface area contributed by atoms with Gasteiger partial charge in [-0.15, -0.1) is 11.8 Å². The molecule has 0 aliphatic carbocycles. The van der Waals surface area contributed by atoms with E-state index in [4.69, 9.17) is 0 Å². The summed E-state index contributed by atoms with van der Waals surface area (Å²) in [6.45, 7) is 3.20. The number of aryl methyl sites for hydroxylation is 1. The summed E-state index contributed by atoms with van der Waals surface area (Å²) in [6, 6.07) is 15.2. The average molecular weight is 433 g/mol. The fourth-order valence-electron chi connectivity index (χ4n) is 2.89. The van der Waals surface area contributed by atoms with E-state index in [2.05, 4.69) is 50.6 Å². The Morgan fingerprint density at radius 3 is 2.62 bits per heavy atom. The molecule has 26 heavy (non-hydrogen) atoms. The molecule has 0 amide bonds. The normalized spacial score (nSPS) is 13.5. The van der Waals surface area contributed by atoms with Crippen LogP contribution in [-0.4, -0.2) is 14.3 Å². The Kier molecular flexibility index (Phi) is 6.54. The van der Waals surface area contributed by atoms with Crippen molar-refractivity contribution in [3.05, 3.63) is 88.7 Å². The first-order chi connectivity index (χ1) is 12.5. The van der Waals surface area contributed by atoms with Crippen molar-refractivity contribution in [3.63, 3.8) is 0 Å². The highest BCUT2D eigenvalue weighted by Gasteiger charge is 2.26. The number of hydrogen-bond donors (Lipinski definition) is 0. The molecule has 0 saturated carbocycles. The second-order valence-electron chi connectivity index (χ2n) is 6.69. The van der Waals surface area contributed by atoms with E-state index in [1.54, 1.807) is 0 Å². The van der Waals surface area contributed by atoms with E-state index in [-0.39, 0.29) is 10.6 Å². The molecule has 0 spiro atoms. The van der Waals surface area contributed by atoms with Crippen LogP contribution in [0.1, 0.15) is 24.5 Å². The lowest BCUT2D eigenvalue weighted by Gasteiger charge is -2.30. The smallest absolute Gasteiger partial charge is 0.123 e. The Labute approximate surface area is 167 Å². The number of imidazole rings is 1. The largest absolute Gasteiger partial charge is 0.336 e. The van der Waals surface area contributed by atoms with Gasteiger partial charge < -0.3 is 4.57 Å². The number of nitrogens with zero attached hydrogens (tertiary/aromatic N) is 2. The van der Waals surface area contributed by atoms with Gasteiger partial charge in [-0.1, -0.05) is 46.3 Å². The Morgan fingerprint density at radius 1 is 1.15 bits per heavy atom. The SMILES string of the molecule is CC(CCc1ccc(F)cc1)(Cn1ccnc1)SCc1ccccc1Br. The third kappa shape index (κ3) is 5.45. The zero-order chi connectivity index (χ0) is 18.4. The minimum Gasteiger partial charge on any atom is -0.336 e. The van der Waals surface area contributed by atoms with Gasteiger partial charge in [-0.3, -0.25) is 0 Å². The summed E-state index contributed by atoms with van der Waals surface area (Å²) in [7, 11) is 0. The van der Waals surface area contributed by atoms with Gasteiger partial charge >= 0.3 is 0 Å². The van der Waals surface area contributed by atoms with Gasteiger partial charge in [0.1, 0.15) is 5.82 Å². The number of benzene rings is 2. The molecule has 5 heteroatoms. The maximum Gasteiger partial charge on any atom is 0.123 e. The van der Waals surface area contributed by atoms with Gasteiger partial charge in [0.05, 0.1) is 6.33 Å². The Balaban J connectivity index is 1.70. The van der Waals surface area contributed by atoms with E-state index in [1.165, 1.54) is 23.3 Å². The predicted molar refractivity (Wildman–Crippen MR) is 111 cm³/mol. The zero-order valence-corrected chi connectivity index (χ0v) is 17.1. The van der Waals surface area contributed by atoms with E-state index in [9.17, 15) is 4.39 Å². The van der Waals surface area contributed by atoms with Crippen LogP contribution in [0.15, 0.2) is 71.7 Å². The second kappa shape index (κ2) is 8.87. The van der Waals surface area contributed by atoms with Crippen LogP contribution < -0.4 is 0 Å². The molecule has 0 fully saturated rings. The van der Waals surface area contributed by atoms with Gasteiger partial charge in [0.25, 0.3) is 0 Å². The molecule has 0 aliphatic rings. The molecule has 0 radical (unpaired) electrons. The van der Waals surface area contributed by atoms with Crippen LogP contribution in [0.5, 0.6) is 0 Å². The van der Waals surface area contributed by atoms with Crippen molar-refractivity contribution in [1.29, 1.82) is 0 Å². The highest BCUT2D eigenvalue weighted by Crippen LogP contribution is 2.36. The molecule has 1 atom stereocenters. The van der Waals surface area contributed by atoms with Crippen LogP contribution >= 0.6 is 27.7 Å². The van der Waals surface area contributed by atoms with Gasteiger partial charge in [0.15, 0.2) is 0 Å². The van der Waals surface area contributed by atoms with Crippen LogP contribution in [0.2, 0.25) is 0 Å². The number of halogens is 2. The Hall–Kier alpha value is -1.59. The fraction of sp³-hybridized carbons (Fsp3) is 0.286. The molecule has 3 aromatic rings. The summed E-state index contributed by atoms with van der Waals surface area (Å²) in [5.41, 5.74) is 2.47. The second-order valence-corrected chi connectivity index (χ2v) is 9.11. The monoisotopic (exact) mass is 432 g/mol. The molecule has 1 heterocycles. The molecule has 1 aromatic heterocycles. The van der Waals surface area contributed by atoms with Gasteiger partial charge in [-0.2, -0.15) is 0 Å². The molecule has 0 bridgehead atoms. The Morgan fingerprint density at radius 2 is 1.92 bits per heavy atom. The molecule has 2 nitrogen and oxygen atoms in total. The van der Waals surface area contributed by atoms with Gasteiger partial charge in [-0.25, -0.2) is 9.37 Å². The van der Waals surface area contributed by atoms with Gasteiger partial charge in [0.2, 0.25) is 0 Å². The van der Waals surface area contributed by atoms with Crippen LogP contribution in [0.4, 0.5) is 4.39 Å². The third-order valence-electron chi connectivity index (χ3n) is 4.47.